The van der Waals surface area contributed by atoms with Crippen molar-refractivity contribution >= 4 is 17.8 Å². The number of benzene rings is 1. The van der Waals surface area contributed by atoms with Gasteiger partial charge in [0.2, 0.25) is 5.91 Å². The third kappa shape index (κ3) is 6.18. The molecule has 0 unspecified atom stereocenters. The number of nitrogens with one attached hydrogen (secondary N) is 1. The molecule has 170 valence electrons. The highest BCUT2D eigenvalue weighted by molar-refractivity contribution is 5.95. The minimum Gasteiger partial charge on any atom is -0.497 e. The van der Waals surface area contributed by atoms with Crippen LogP contribution in [0.2, 0.25) is 0 Å². The van der Waals surface area contributed by atoms with Gasteiger partial charge in [0.25, 0.3) is 5.91 Å². The summed E-state index contributed by atoms with van der Waals surface area (Å²) in [5, 5.41) is 11.6. The highest BCUT2D eigenvalue weighted by Gasteiger charge is 2.51. The second-order valence-electron chi connectivity index (χ2n) is 8.46. The number of carbonyl (C=O) groups is 3. The Labute approximate surface area is 182 Å². The molecule has 2 fully saturated rings. The molecule has 9 heteroatoms. The van der Waals surface area contributed by atoms with Gasteiger partial charge in [0, 0.05) is 32.7 Å². The molecule has 1 aromatic carbocycles. The average molecular weight is 434 g/mol. The Morgan fingerprint density at radius 2 is 1.77 bits per heavy atom. The fraction of sp³-hybridized carbons (Fsp3) is 0.591. The van der Waals surface area contributed by atoms with E-state index in [1.54, 1.807) is 12.0 Å². The first kappa shape index (κ1) is 23.0. The SMILES string of the molecule is COc1ccc(CN2CCN(C(=O)[C@H](CC(C)C)NC(=O)[C@@H]3O[C@H]3C(=O)O)CC2)cc1. The fourth-order valence-electron chi connectivity index (χ4n) is 3.78. The Balaban J connectivity index is 1.52. The van der Waals surface area contributed by atoms with Gasteiger partial charge in [0.15, 0.2) is 12.2 Å². The molecule has 9 nitrogen and oxygen atoms in total. The van der Waals surface area contributed by atoms with Gasteiger partial charge in [-0.2, -0.15) is 0 Å². The number of piperazine rings is 1. The highest BCUT2D eigenvalue weighted by Crippen LogP contribution is 2.23. The second-order valence-corrected chi connectivity index (χ2v) is 8.46. The lowest BCUT2D eigenvalue weighted by Gasteiger charge is -2.36. The molecule has 2 aliphatic heterocycles. The quantitative estimate of drug-likeness (QED) is 0.552. The van der Waals surface area contributed by atoms with Crippen molar-refractivity contribution < 1.29 is 29.0 Å². The van der Waals surface area contributed by atoms with Gasteiger partial charge in [0.1, 0.15) is 11.8 Å². The molecule has 2 amide bonds. The Morgan fingerprint density at radius 3 is 2.29 bits per heavy atom. The van der Waals surface area contributed by atoms with E-state index in [1.807, 2.05) is 38.1 Å². The number of hydrogen-bond donors (Lipinski definition) is 2. The maximum absolute atomic E-state index is 13.1. The zero-order valence-electron chi connectivity index (χ0n) is 18.2. The fourth-order valence-corrected chi connectivity index (χ4v) is 3.78. The Bertz CT molecular complexity index is 789. The van der Waals surface area contributed by atoms with Crippen molar-refractivity contribution in [2.75, 3.05) is 33.3 Å². The van der Waals surface area contributed by atoms with E-state index in [4.69, 9.17) is 14.6 Å². The predicted molar refractivity (Wildman–Crippen MR) is 113 cm³/mol. The normalized spacial score (nSPS) is 22.1. The van der Waals surface area contributed by atoms with Crippen molar-refractivity contribution in [2.45, 2.75) is 45.1 Å². The maximum Gasteiger partial charge on any atom is 0.336 e. The highest BCUT2D eigenvalue weighted by atomic mass is 16.6. The summed E-state index contributed by atoms with van der Waals surface area (Å²) in [5.41, 5.74) is 1.18. The van der Waals surface area contributed by atoms with Crippen molar-refractivity contribution in [1.29, 1.82) is 0 Å². The van der Waals surface area contributed by atoms with Crippen LogP contribution in [0.4, 0.5) is 0 Å². The monoisotopic (exact) mass is 433 g/mol. The molecule has 31 heavy (non-hydrogen) atoms. The molecule has 3 atom stereocenters. The molecule has 0 radical (unpaired) electrons. The summed E-state index contributed by atoms with van der Waals surface area (Å²) in [5.74, 6) is -0.812. The van der Waals surface area contributed by atoms with Crippen LogP contribution in [0.3, 0.4) is 0 Å². The third-order valence-corrected chi connectivity index (χ3v) is 5.56. The lowest BCUT2D eigenvalue weighted by atomic mass is 10.0. The first-order valence-corrected chi connectivity index (χ1v) is 10.6. The molecule has 0 bridgehead atoms. The summed E-state index contributed by atoms with van der Waals surface area (Å²) < 4.78 is 10.1. The number of amides is 2. The number of ether oxygens (including phenoxy) is 2. The van der Waals surface area contributed by atoms with E-state index in [9.17, 15) is 14.4 Å². The number of carboxylic acids is 1. The Morgan fingerprint density at radius 1 is 1.13 bits per heavy atom. The van der Waals surface area contributed by atoms with E-state index < -0.39 is 30.1 Å². The van der Waals surface area contributed by atoms with Crippen molar-refractivity contribution in [3.05, 3.63) is 29.8 Å². The smallest absolute Gasteiger partial charge is 0.336 e. The molecule has 0 aromatic heterocycles. The number of nitrogens with zero attached hydrogens (tertiary/aromatic N) is 2. The largest absolute Gasteiger partial charge is 0.497 e. The number of epoxide rings is 1. The van der Waals surface area contributed by atoms with Crippen LogP contribution in [0.15, 0.2) is 24.3 Å². The Hall–Kier alpha value is -2.65. The van der Waals surface area contributed by atoms with Crippen molar-refractivity contribution in [3.63, 3.8) is 0 Å². The summed E-state index contributed by atoms with van der Waals surface area (Å²) in [6, 6.07) is 7.27. The van der Waals surface area contributed by atoms with Gasteiger partial charge in [-0.15, -0.1) is 0 Å². The van der Waals surface area contributed by atoms with Gasteiger partial charge in [0.05, 0.1) is 7.11 Å². The number of methoxy groups -OCH3 is 1. The van der Waals surface area contributed by atoms with Crippen LogP contribution < -0.4 is 10.1 Å². The van der Waals surface area contributed by atoms with Crippen LogP contribution in [0.25, 0.3) is 0 Å². The topological polar surface area (TPSA) is 112 Å². The van der Waals surface area contributed by atoms with E-state index in [0.717, 1.165) is 25.4 Å². The number of carboxylic acid groups (broad SMARTS) is 1. The van der Waals surface area contributed by atoms with Gasteiger partial charge < -0.3 is 24.8 Å². The molecule has 0 spiro atoms. The lowest BCUT2D eigenvalue weighted by molar-refractivity contribution is -0.138. The van der Waals surface area contributed by atoms with Gasteiger partial charge >= 0.3 is 5.97 Å². The summed E-state index contributed by atoms with van der Waals surface area (Å²) in [7, 11) is 1.64. The Kier molecular flexibility index (Phi) is 7.50. The molecule has 1 aromatic rings. The second kappa shape index (κ2) is 10.1. The summed E-state index contributed by atoms with van der Waals surface area (Å²) in [4.78, 5) is 40.4. The zero-order chi connectivity index (χ0) is 22.5. The van der Waals surface area contributed by atoms with E-state index in [2.05, 4.69) is 10.2 Å². The molecule has 2 aliphatic rings. The van der Waals surface area contributed by atoms with E-state index in [1.165, 1.54) is 5.56 Å². The summed E-state index contributed by atoms with van der Waals surface area (Å²) in [6.07, 6.45) is -1.64. The van der Waals surface area contributed by atoms with Crippen LogP contribution in [0.5, 0.6) is 5.75 Å². The maximum atomic E-state index is 13.1. The molecule has 2 heterocycles. The molecule has 2 saturated heterocycles. The molecular weight excluding hydrogens is 402 g/mol. The predicted octanol–water partition coefficient (Wildman–Crippen LogP) is 0.722. The molecule has 3 rings (SSSR count). The van der Waals surface area contributed by atoms with Crippen molar-refractivity contribution in [3.8, 4) is 5.75 Å². The van der Waals surface area contributed by atoms with Crippen molar-refractivity contribution in [2.24, 2.45) is 5.92 Å². The number of aliphatic carboxylic acids is 1. The van der Waals surface area contributed by atoms with Crippen LogP contribution in [0, 0.1) is 5.92 Å². The van der Waals surface area contributed by atoms with Crippen molar-refractivity contribution in [1.82, 2.24) is 15.1 Å². The van der Waals surface area contributed by atoms with Gasteiger partial charge in [-0.3, -0.25) is 14.5 Å². The standard InChI is InChI=1S/C22H31N3O6/c1-14(2)12-17(23-20(26)18-19(31-18)22(28)29)21(27)25-10-8-24(9-11-25)13-15-4-6-16(30-3)7-5-15/h4-7,14,17-19H,8-13H2,1-3H3,(H,23,26)(H,28,29)/t17-,18+,19+/m0/s1. The number of hydrogen-bond acceptors (Lipinski definition) is 6. The number of carbonyl (C=O) groups excluding carboxylic acids is 2. The lowest BCUT2D eigenvalue weighted by Crippen LogP contribution is -2.55. The van der Waals surface area contributed by atoms with Gasteiger partial charge in [-0.1, -0.05) is 26.0 Å². The van der Waals surface area contributed by atoms with Crippen LogP contribution in [0.1, 0.15) is 25.8 Å². The molecule has 2 N–H and O–H groups in total. The summed E-state index contributed by atoms with van der Waals surface area (Å²) >= 11 is 0. The van der Waals surface area contributed by atoms with Crippen LogP contribution in [-0.2, 0) is 25.7 Å². The van der Waals surface area contributed by atoms with Crippen LogP contribution >= 0.6 is 0 Å². The van der Waals surface area contributed by atoms with E-state index in [-0.39, 0.29) is 11.8 Å². The molecular formula is C22H31N3O6. The molecule has 0 saturated carbocycles. The van der Waals surface area contributed by atoms with E-state index in [0.29, 0.717) is 19.5 Å². The average Bonchev–Trinajstić information content (AvgIpc) is 3.55. The first-order chi connectivity index (χ1) is 14.8. The minimum atomic E-state index is -1.17. The van der Waals surface area contributed by atoms with Gasteiger partial charge in [-0.05, 0) is 30.0 Å². The first-order valence-electron chi connectivity index (χ1n) is 10.6. The molecule has 0 aliphatic carbocycles. The van der Waals surface area contributed by atoms with Crippen LogP contribution in [-0.4, -0.2) is 84.2 Å². The van der Waals surface area contributed by atoms with E-state index >= 15 is 0 Å². The number of rotatable bonds is 9. The third-order valence-electron chi connectivity index (χ3n) is 5.56. The summed E-state index contributed by atoms with van der Waals surface area (Å²) in [6.45, 7) is 7.40. The van der Waals surface area contributed by atoms with Gasteiger partial charge in [-0.25, -0.2) is 4.79 Å². The minimum absolute atomic E-state index is 0.126. The zero-order valence-corrected chi connectivity index (χ0v) is 18.2.